The van der Waals surface area contributed by atoms with E-state index in [2.05, 4.69) is 30.7 Å². The summed E-state index contributed by atoms with van der Waals surface area (Å²) in [5.41, 5.74) is 0.937. The van der Waals surface area contributed by atoms with E-state index in [9.17, 15) is 4.39 Å². The van der Waals surface area contributed by atoms with Crippen LogP contribution >= 0.6 is 15.9 Å². The van der Waals surface area contributed by atoms with E-state index >= 15 is 0 Å². The third kappa shape index (κ3) is 3.16. The summed E-state index contributed by atoms with van der Waals surface area (Å²) >= 11 is 3.40. The van der Waals surface area contributed by atoms with Crippen LogP contribution in [-0.2, 0) is 0 Å². The van der Waals surface area contributed by atoms with Crippen molar-refractivity contribution in [3.8, 4) is 5.75 Å². The number of ether oxygens (including phenoxy) is 1. The molecule has 1 aliphatic heterocycles. The fourth-order valence-corrected chi connectivity index (χ4v) is 2.88. The Hall–Kier alpha value is -1.82. The molecule has 1 aliphatic rings. The molecule has 0 spiro atoms. The first kappa shape index (κ1) is 15.1. The molecule has 116 valence electrons. The number of rotatable bonds is 3. The van der Waals surface area contributed by atoms with Crippen LogP contribution in [0.5, 0.6) is 5.75 Å². The first-order chi connectivity index (χ1) is 10.7. The molecule has 4 nitrogen and oxygen atoms in total. The summed E-state index contributed by atoms with van der Waals surface area (Å²) in [6, 6.07) is 8.69. The first-order valence-corrected chi connectivity index (χ1v) is 7.91. The summed E-state index contributed by atoms with van der Waals surface area (Å²) in [6.07, 6.45) is 1.81. The number of benzene rings is 1. The van der Waals surface area contributed by atoms with Crippen molar-refractivity contribution in [3.05, 3.63) is 46.8 Å². The van der Waals surface area contributed by atoms with Crippen LogP contribution in [0.15, 0.2) is 41.0 Å². The summed E-state index contributed by atoms with van der Waals surface area (Å²) < 4.78 is 19.6. The fourth-order valence-electron chi connectivity index (χ4n) is 2.64. The van der Waals surface area contributed by atoms with Crippen molar-refractivity contribution in [1.29, 1.82) is 0 Å². The quantitative estimate of drug-likeness (QED) is 0.834. The van der Waals surface area contributed by atoms with Gasteiger partial charge in [0.1, 0.15) is 17.4 Å². The van der Waals surface area contributed by atoms with E-state index in [1.54, 1.807) is 13.2 Å². The number of hydrogen-bond acceptors (Lipinski definition) is 4. The Balaban J connectivity index is 1.70. The van der Waals surface area contributed by atoms with Gasteiger partial charge in [-0.2, -0.15) is 0 Å². The molecule has 0 unspecified atom stereocenters. The largest absolute Gasteiger partial charge is 0.494 e. The highest BCUT2D eigenvalue weighted by Crippen LogP contribution is 2.30. The van der Waals surface area contributed by atoms with Crippen LogP contribution < -0.4 is 14.5 Å². The number of pyridine rings is 1. The fraction of sp³-hybridized carbons (Fsp3) is 0.312. The second-order valence-electron chi connectivity index (χ2n) is 5.12. The van der Waals surface area contributed by atoms with Crippen molar-refractivity contribution in [2.75, 3.05) is 43.1 Å². The zero-order chi connectivity index (χ0) is 15.5. The van der Waals surface area contributed by atoms with Crippen molar-refractivity contribution in [2.45, 2.75) is 0 Å². The third-order valence-corrected chi connectivity index (χ3v) is 4.27. The van der Waals surface area contributed by atoms with Crippen LogP contribution in [0.3, 0.4) is 0 Å². The molecule has 0 bridgehead atoms. The SMILES string of the molecule is COc1cc(F)ccc1N1CCN(c2ccc(Br)cn2)CC1. The number of methoxy groups -OCH3 is 1. The van der Waals surface area contributed by atoms with Crippen molar-refractivity contribution >= 4 is 27.4 Å². The lowest BCUT2D eigenvalue weighted by Crippen LogP contribution is -2.46. The molecule has 6 heteroatoms. The Morgan fingerprint density at radius 1 is 1.09 bits per heavy atom. The van der Waals surface area contributed by atoms with E-state index in [0.717, 1.165) is 42.2 Å². The minimum absolute atomic E-state index is 0.279. The van der Waals surface area contributed by atoms with Gasteiger partial charge < -0.3 is 14.5 Å². The predicted octanol–water partition coefficient (Wildman–Crippen LogP) is 3.32. The maximum absolute atomic E-state index is 13.3. The molecule has 0 N–H and O–H groups in total. The molecular weight excluding hydrogens is 349 g/mol. The van der Waals surface area contributed by atoms with Crippen molar-refractivity contribution < 1.29 is 9.13 Å². The van der Waals surface area contributed by atoms with Crippen LogP contribution in [0, 0.1) is 5.82 Å². The monoisotopic (exact) mass is 365 g/mol. The lowest BCUT2D eigenvalue weighted by molar-refractivity contribution is 0.410. The third-order valence-electron chi connectivity index (χ3n) is 3.80. The van der Waals surface area contributed by atoms with E-state index < -0.39 is 0 Å². The van der Waals surface area contributed by atoms with Gasteiger partial charge in [0.2, 0.25) is 0 Å². The van der Waals surface area contributed by atoms with Gasteiger partial charge in [0, 0.05) is 42.9 Å². The number of hydrogen-bond donors (Lipinski definition) is 0. The lowest BCUT2D eigenvalue weighted by Gasteiger charge is -2.37. The molecule has 0 aliphatic carbocycles. The van der Waals surface area contributed by atoms with Gasteiger partial charge in [-0.25, -0.2) is 9.37 Å². The number of halogens is 2. The van der Waals surface area contributed by atoms with Crippen LogP contribution in [-0.4, -0.2) is 38.3 Å². The predicted molar refractivity (Wildman–Crippen MR) is 89.3 cm³/mol. The highest BCUT2D eigenvalue weighted by Gasteiger charge is 2.20. The summed E-state index contributed by atoms with van der Waals surface area (Å²) in [7, 11) is 1.57. The number of nitrogens with zero attached hydrogens (tertiary/aromatic N) is 3. The van der Waals surface area contributed by atoms with E-state index in [1.165, 1.54) is 12.1 Å². The first-order valence-electron chi connectivity index (χ1n) is 7.12. The van der Waals surface area contributed by atoms with E-state index in [0.29, 0.717) is 5.75 Å². The molecule has 0 saturated carbocycles. The Morgan fingerprint density at radius 2 is 1.82 bits per heavy atom. The van der Waals surface area contributed by atoms with E-state index in [1.807, 2.05) is 18.3 Å². The Bertz CT molecular complexity index is 642. The zero-order valence-electron chi connectivity index (χ0n) is 12.3. The highest BCUT2D eigenvalue weighted by molar-refractivity contribution is 9.10. The van der Waals surface area contributed by atoms with Crippen LogP contribution in [0.1, 0.15) is 0 Å². The molecule has 0 amide bonds. The Morgan fingerprint density at radius 3 is 2.45 bits per heavy atom. The maximum atomic E-state index is 13.3. The van der Waals surface area contributed by atoms with Crippen LogP contribution in [0.4, 0.5) is 15.9 Å². The van der Waals surface area contributed by atoms with Crippen LogP contribution in [0.2, 0.25) is 0 Å². The normalized spacial score (nSPS) is 15.0. The summed E-state index contributed by atoms with van der Waals surface area (Å²) in [5.74, 6) is 1.28. The minimum Gasteiger partial charge on any atom is -0.494 e. The number of anilines is 2. The van der Waals surface area contributed by atoms with Gasteiger partial charge in [0.15, 0.2) is 0 Å². The molecular formula is C16H17BrFN3O. The summed E-state index contributed by atoms with van der Waals surface area (Å²) in [4.78, 5) is 8.90. The zero-order valence-corrected chi connectivity index (χ0v) is 13.9. The molecule has 2 heterocycles. The van der Waals surface area contributed by atoms with Gasteiger partial charge >= 0.3 is 0 Å². The topological polar surface area (TPSA) is 28.6 Å². The van der Waals surface area contributed by atoms with Gasteiger partial charge in [0.05, 0.1) is 12.8 Å². The summed E-state index contributed by atoms with van der Waals surface area (Å²) in [5, 5.41) is 0. The Labute approximate surface area is 137 Å². The second-order valence-corrected chi connectivity index (χ2v) is 6.04. The summed E-state index contributed by atoms with van der Waals surface area (Å²) in [6.45, 7) is 3.43. The number of aromatic nitrogens is 1. The minimum atomic E-state index is -0.279. The average molecular weight is 366 g/mol. The molecule has 1 saturated heterocycles. The average Bonchev–Trinajstić information content (AvgIpc) is 2.56. The molecule has 2 aromatic rings. The molecule has 1 aromatic carbocycles. The molecule has 1 aromatic heterocycles. The molecule has 1 fully saturated rings. The van der Waals surface area contributed by atoms with Gasteiger partial charge in [0.25, 0.3) is 0 Å². The molecule has 0 atom stereocenters. The number of piperazine rings is 1. The van der Waals surface area contributed by atoms with Gasteiger partial charge in [-0.3, -0.25) is 0 Å². The second kappa shape index (κ2) is 6.52. The van der Waals surface area contributed by atoms with Crippen molar-refractivity contribution in [3.63, 3.8) is 0 Å². The van der Waals surface area contributed by atoms with Crippen molar-refractivity contribution in [1.82, 2.24) is 4.98 Å². The standard InChI is InChI=1S/C16H17BrFN3O/c1-22-15-10-13(18)3-4-14(15)20-6-8-21(9-7-20)16-5-2-12(17)11-19-16/h2-5,10-11H,6-9H2,1H3. The molecule has 0 radical (unpaired) electrons. The maximum Gasteiger partial charge on any atom is 0.145 e. The van der Waals surface area contributed by atoms with Gasteiger partial charge in [-0.1, -0.05) is 0 Å². The molecule has 3 rings (SSSR count). The Kier molecular flexibility index (Phi) is 4.47. The van der Waals surface area contributed by atoms with Crippen LogP contribution in [0.25, 0.3) is 0 Å². The smallest absolute Gasteiger partial charge is 0.145 e. The highest BCUT2D eigenvalue weighted by atomic mass is 79.9. The van der Waals surface area contributed by atoms with Gasteiger partial charge in [-0.05, 0) is 40.2 Å². The van der Waals surface area contributed by atoms with Gasteiger partial charge in [-0.15, -0.1) is 0 Å². The van der Waals surface area contributed by atoms with E-state index in [4.69, 9.17) is 4.74 Å². The van der Waals surface area contributed by atoms with Crippen molar-refractivity contribution in [2.24, 2.45) is 0 Å². The lowest BCUT2D eigenvalue weighted by atomic mass is 10.2. The molecule has 22 heavy (non-hydrogen) atoms. The van der Waals surface area contributed by atoms with E-state index in [-0.39, 0.29) is 5.82 Å².